The molecule has 0 aliphatic heterocycles. The zero-order chi connectivity index (χ0) is 14.8. The molecule has 1 aromatic carbocycles. The van der Waals surface area contributed by atoms with E-state index in [1.165, 1.54) is 18.3 Å². The second kappa shape index (κ2) is 5.21. The highest BCUT2D eigenvalue weighted by Crippen LogP contribution is 2.33. The second-order valence-electron chi connectivity index (χ2n) is 4.16. The van der Waals surface area contributed by atoms with Crippen molar-refractivity contribution in [2.75, 3.05) is 5.32 Å². The number of rotatable bonds is 2. The molecule has 2 rings (SSSR count). The highest BCUT2D eigenvalue weighted by Gasteiger charge is 2.30. The predicted molar refractivity (Wildman–Crippen MR) is 68.4 cm³/mol. The summed E-state index contributed by atoms with van der Waals surface area (Å²) in [7, 11) is 0. The Bertz CT molecular complexity index is 672. The summed E-state index contributed by atoms with van der Waals surface area (Å²) < 4.78 is 38.1. The van der Waals surface area contributed by atoms with E-state index in [-0.39, 0.29) is 17.1 Å². The normalized spacial score (nSPS) is 10.9. The molecule has 0 saturated carbocycles. The van der Waals surface area contributed by atoms with E-state index in [0.717, 1.165) is 12.1 Å². The Morgan fingerprint density at radius 3 is 2.65 bits per heavy atom. The number of pyridine rings is 1. The largest absolute Gasteiger partial charge is 0.416 e. The van der Waals surface area contributed by atoms with Crippen molar-refractivity contribution in [2.24, 2.45) is 0 Å². The topological polar surface area (TPSA) is 48.7 Å². The van der Waals surface area contributed by atoms with Gasteiger partial charge in [0.15, 0.2) is 0 Å². The van der Waals surface area contributed by atoms with Crippen LogP contribution < -0.4 is 5.32 Å². The lowest BCUT2D eigenvalue weighted by atomic mass is 10.1. The molecule has 0 aliphatic carbocycles. The van der Waals surface area contributed by atoms with E-state index in [4.69, 9.17) is 5.26 Å². The molecule has 6 heteroatoms. The maximum absolute atomic E-state index is 12.7. The van der Waals surface area contributed by atoms with Gasteiger partial charge in [-0.3, -0.25) is 0 Å². The fourth-order valence-corrected chi connectivity index (χ4v) is 1.66. The van der Waals surface area contributed by atoms with Gasteiger partial charge in [-0.1, -0.05) is 6.07 Å². The third kappa shape index (κ3) is 2.88. The van der Waals surface area contributed by atoms with Gasteiger partial charge in [0.1, 0.15) is 11.9 Å². The first kappa shape index (κ1) is 13.9. The van der Waals surface area contributed by atoms with Gasteiger partial charge in [-0.2, -0.15) is 18.4 Å². The van der Waals surface area contributed by atoms with Crippen molar-refractivity contribution in [2.45, 2.75) is 13.1 Å². The number of hydrogen-bond donors (Lipinski definition) is 1. The molecule has 0 unspecified atom stereocenters. The summed E-state index contributed by atoms with van der Waals surface area (Å²) in [6.07, 6.45) is -2.95. The average molecular weight is 277 g/mol. The van der Waals surface area contributed by atoms with Gasteiger partial charge >= 0.3 is 6.18 Å². The SMILES string of the molecule is Cc1ccc(C(F)(F)F)cc1Nc1ncccc1C#N. The van der Waals surface area contributed by atoms with Gasteiger partial charge in [0.05, 0.1) is 11.1 Å². The minimum absolute atomic E-state index is 0.234. The van der Waals surface area contributed by atoms with Gasteiger partial charge in [-0.15, -0.1) is 0 Å². The maximum Gasteiger partial charge on any atom is 0.416 e. The number of anilines is 2. The summed E-state index contributed by atoms with van der Waals surface area (Å²) in [5, 5.41) is 11.7. The molecule has 0 aliphatic rings. The van der Waals surface area contributed by atoms with Crippen molar-refractivity contribution >= 4 is 11.5 Å². The van der Waals surface area contributed by atoms with Crippen LogP contribution in [0.25, 0.3) is 0 Å². The monoisotopic (exact) mass is 277 g/mol. The second-order valence-corrected chi connectivity index (χ2v) is 4.16. The van der Waals surface area contributed by atoms with Crippen molar-refractivity contribution in [3.05, 3.63) is 53.2 Å². The maximum atomic E-state index is 12.7. The smallest absolute Gasteiger partial charge is 0.339 e. The fraction of sp³-hybridized carbons (Fsp3) is 0.143. The molecule has 102 valence electrons. The molecule has 1 N–H and O–H groups in total. The number of hydrogen-bond acceptors (Lipinski definition) is 3. The lowest BCUT2D eigenvalue weighted by molar-refractivity contribution is -0.137. The first-order valence-electron chi connectivity index (χ1n) is 5.72. The molecule has 0 saturated heterocycles. The lowest BCUT2D eigenvalue weighted by Gasteiger charge is -2.13. The molecule has 0 atom stereocenters. The Morgan fingerprint density at radius 1 is 1.25 bits per heavy atom. The van der Waals surface area contributed by atoms with Gasteiger partial charge in [-0.25, -0.2) is 4.98 Å². The van der Waals surface area contributed by atoms with Crippen molar-refractivity contribution < 1.29 is 13.2 Å². The molecule has 1 heterocycles. The standard InChI is InChI=1S/C14H10F3N3/c1-9-4-5-11(14(15,16)17)7-12(9)20-13-10(8-18)3-2-6-19-13/h2-7H,1H3,(H,19,20). The predicted octanol–water partition coefficient (Wildman–Crippen LogP) is 4.02. The fourth-order valence-electron chi connectivity index (χ4n) is 1.66. The van der Waals surface area contributed by atoms with Crippen LogP contribution in [0.15, 0.2) is 36.5 Å². The molecular weight excluding hydrogens is 267 g/mol. The molecule has 2 aromatic rings. The van der Waals surface area contributed by atoms with Crippen LogP contribution in [0.5, 0.6) is 0 Å². The Hall–Kier alpha value is -2.55. The Morgan fingerprint density at radius 2 is 2.00 bits per heavy atom. The van der Waals surface area contributed by atoms with Crippen LogP contribution in [-0.4, -0.2) is 4.98 Å². The van der Waals surface area contributed by atoms with Gasteiger partial charge < -0.3 is 5.32 Å². The van der Waals surface area contributed by atoms with Gasteiger partial charge in [-0.05, 0) is 36.8 Å². The summed E-state index contributed by atoms with van der Waals surface area (Å²) in [5.74, 6) is 0.234. The first-order chi connectivity index (χ1) is 9.41. The van der Waals surface area contributed by atoms with Gasteiger partial charge in [0.2, 0.25) is 0 Å². The van der Waals surface area contributed by atoms with E-state index in [1.54, 1.807) is 13.0 Å². The lowest BCUT2D eigenvalue weighted by Crippen LogP contribution is -2.06. The molecule has 0 spiro atoms. The van der Waals surface area contributed by atoms with E-state index < -0.39 is 11.7 Å². The zero-order valence-corrected chi connectivity index (χ0v) is 10.5. The van der Waals surface area contributed by atoms with Gasteiger partial charge in [0.25, 0.3) is 0 Å². The molecule has 20 heavy (non-hydrogen) atoms. The van der Waals surface area contributed by atoms with Crippen LogP contribution >= 0.6 is 0 Å². The molecular formula is C14H10F3N3. The number of nitriles is 1. The van der Waals surface area contributed by atoms with Gasteiger partial charge in [0, 0.05) is 11.9 Å². The third-order valence-electron chi connectivity index (χ3n) is 2.75. The van der Waals surface area contributed by atoms with E-state index >= 15 is 0 Å². The summed E-state index contributed by atoms with van der Waals surface area (Å²) >= 11 is 0. The molecule has 0 bridgehead atoms. The summed E-state index contributed by atoms with van der Waals surface area (Å²) in [6.45, 7) is 1.68. The Labute approximate surface area is 113 Å². The minimum atomic E-state index is -4.41. The van der Waals surface area contributed by atoms with Crippen molar-refractivity contribution in [1.29, 1.82) is 5.26 Å². The van der Waals surface area contributed by atoms with E-state index in [1.807, 2.05) is 6.07 Å². The van der Waals surface area contributed by atoms with Crippen molar-refractivity contribution in [3.63, 3.8) is 0 Å². The van der Waals surface area contributed by atoms with E-state index in [0.29, 0.717) is 5.56 Å². The average Bonchev–Trinajstić information content (AvgIpc) is 2.40. The van der Waals surface area contributed by atoms with Crippen LogP contribution in [0.2, 0.25) is 0 Å². The summed E-state index contributed by atoms with van der Waals surface area (Å²) in [6, 6.07) is 8.46. The summed E-state index contributed by atoms with van der Waals surface area (Å²) in [4.78, 5) is 3.96. The zero-order valence-electron chi connectivity index (χ0n) is 10.5. The number of halogens is 3. The van der Waals surface area contributed by atoms with Crippen molar-refractivity contribution in [3.8, 4) is 6.07 Å². The first-order valence-corrected chi connectivity index (χ1v) is 5.72. The molecule has 0 radical (unpaired) electrons. The molecule has 3 nitrogen and oxygen atoms in total. The quantitative estimate of drug-likeness (QED) is 0.901. The van der Waals surface area contributed by atoms with Crippen LogP contribution in [0.4, 0.5) is 24.7 Å². The van der Waals surface area contributed by atoms with Crippen LogP contribution in [0, 0.1) is 18.3 Å². The molecule has 0 amide bonds. The third-order valence-corrected chi connectivity index (χ3v) is 2.75. The Kier molecular flexibility index (Phi) is 3.61. The van der Waals surface area contributed by atoms with Crippen LogP contribution in [0.3, 0.4) is 0 Å². The number of benzene rings is 1. The number of nitrogens with zero attached hydrogens (tertiary/aromatic N) is 2. The van der Waals surface area contributed by atoms with E-state index in [2.05, 4.69) is 10.3 Å². The number of aromatic nitrogens is 1. The highest BCUT2D eigenvalue weighted by molar-refractivity contribution is 5.65. The number of nitrogens with one attached hydrogen (secondary N) is 1. The highest BCUT2D eigenvalue weighted by atomic mass is 19.4. The molecule has 0 fully saturated rings. The number of alkyl halides is 3. The minimum Gasteiger partial charge on any atom is -0.339 e. The Balaban J connectivity index is 2.41. The van der Waals surface area contributed by atoms with E-state index in [9.17, 15) is 13.2 Å². The van der Waals surface area contributed by atoms with Crippen LogP contribution in [-0.2, 0) is 6.18 Å². The van der Waals surface area contributed by atoms with Crippen LogP contribution in [0.1, 0.15) is 16.7 Å². The van der Waals surface area contributed by atoms with Crippen molar-refractivity contribution in [1.82, 2.24) is 4.98 Å². The summed E-state index contributed by atoms with van der Waals surface area (Å²) in [5.41, 5.74) is 0.423. The molecule has 1 aromatic heterocycles. The number of aryl methyl sites for hydroxylation is 1.